The monoisotopic (exact) mass is 163 g/mol. The lowest BCUT2D eigenvalue weighted by atomic mass is 9.81. The normalized spacial score (nSPS) is 21.2. The van der Waals surface area contributed by atoms with Crippen molar-refractivity contribution in [1.82, 2.24) is 0 Å². The van der Waals surface area contributed by atoms with Crippen molar-refractivity contribution in [3.8, 4) is 0 Å². The summed E-state index contributed by atoms with van der Waals surface area (Å²) in [4.78, 5) is 4.54. The first-order chi connectivity index (χ1) is 5.54. The van der Waals surface area contributed by atoms with Crippen molar-refractivity contribution in [3.05, 3.63) is 23.9 Å². The fraction of sp³-hybridized carbons (Fsp3) is 0.545. The summed E-state index contributed by atoms with van der Waals surface area (Å²) >= 11 is 0. The first-order valence-electron chi connectivity index (χ1n) is 4.45. The zero-order valence-electron chi connectivity index (χ0n) is 8.44. The number of nitrogens with zero attached hydrogens (tertiary/aromatic N) is 1. The van der Waals surface area contributed by atoms with Gasteiger partial charge < -0.3 is 0 Å². The highest BCUT2D eigenvalue weighted by molar-refractivity contribution is 5.94. The van der Waals surface area contributed by atoms with Gasteiger partial charge in [0.25, 0.3) is 0 Å². The van der Waals surface area contributed by atoms with Gasteiger partial charge in [0.2, 0.25) is 0 Å². The third-order valence-electron chi connectivity index (χ3n) is 2.73. The Morgan fingerprint density at radius 1 is 1.50 bits per heavy atom. The summed E-state index contributed by atoms with van der Waals surface area (Å²) < 4.78 is 0. The maximum Gasteiger partial charge on any atom is 0.0441 e. The van der Waals surface area contributed by atoms with Crippen molar-refractivity contribution < 1.29 is 0 Å². The Labute approximate surface area is 74.9 Å². The highest BCUT2D eigenvalue weighted by Gasteiger charge is 2.31. The third kappa shape index (κ3) is 1.13. The van der Waals surface area contributed by atoms with Gasteiger partial charge in [0.1, 0.15) is 0 Å². The van der Waals surface area contributed by atoms with Crippen molar-refractivity contribution in [2.24, 2.45) is 10.4 Å². The van der Waals surface area contributed by atoms with Crippen LogP contribution in [-0.4, -0.2) is 5.71 Å². The molecule has 0 aromatic rings. The van der Waals surface area contributed by atoms with Crippen molar-refractivity contribution in [2.45, 2.75) is 34.1 Å². The largest absolute Gasteiger partial charge is 0.261 e. The van der Waals surface area contributed by atoms with Gasteiger partial charge in [-0.15, -0.1) is 0 Å². The first-order valence-corrected chi connectivity index (χ1v) is 4.45. The van der Waals surface area contributed by atoms with Crippen LogP contribution < -0.4 is 0 Å². The lowest BCUT2D eigenvalue weighted by molar-refractivity contribution is 0.649. The van der Waals surface area contributed by atoms with E-state index >= 15 is 0 Å². The Hall–Kier alpha value is -0.850. The fourth-order valence-corrected chi connectivity index (χ4v) is 1.60. The smallest absolute Gasteiger partial charge is 0.0441 e. The molecule has 1 aliphatic rings. The second kappa shape index (κ2) is 2.89. The Balaban J connectivity index is 3.17. The maximum absolute atomic E-state index is 4.54. The molecule has 0 spiro atoms. The lowest BCUT2D eigenvalue weighted by Gasteiger charge is -2.20. The molecule has 0 saturated heterocycles. The van der Waals surface area contributed by atoms with Crippen LogP contribution in [0.4, 0.5) is 0 Å². The van der Waals surface area contributed by atoms with Crippen molar-refractivity contribution in [3.63, 3.8) is 0 Å². The average molecular weight is 163 g/mol. The second-order valence-corrected chi connectivity index (χ2v) is 3.74. The number of hydrogen-bond acceptors (Lipinski definition) is 1. The molecule has 1 heteroatoms. The molecule has 0 atom stereocenters. The summed E-state index contributed by atoms with van der Waals surface area (Å²) in [5, 5.41) is 0. The zero-order chi connectivity index (χ0) is 9.35. The molecule has 0 bridgehead atoms. The van der Waals surface area contributed by atoms with Gasteiger partial charge in [0.15, 0.2) is 0 Å². The molecule has 0 aromatic carbocycles. The van der Waals surface area contributed by atoms with Crippen LogP contribution >= 0.6 is 0 Å². The Morgan fingerprint density at radius 3 is 2.42 bits per heavy atom. The number of hydrogen-bond donors (Lipinski definition) is 0. The molecular formula is C11H17N. The molecule has 0 fully saturated rings. The molecule has 0 aromatic heterocycles. The van der Waals surface area contributed by atoms with Crippen LogP contribution in [0.15, 0.2) is 28.9 Å². The minimum atomic E-state index is 0.104. The van der Waals surface area contributed by atoms with E-state index in [-0.39, 0.29) is 5.41 Å². The minimum Gasteiger partial charge on any atom is -0.261 e. The fourth-order valence-electron chi connectivity index (χ4n) is 1.60. The molecule has 12 heavy (non-hydrogen) atoms. The Morgan fingerprint density at radius 2 is 2.08 bits per heavy atom. The minimum absolute atomic E-state index is 0.104. The van der Waals surface area contributed by atoms with Gasteiger partial charge in [-0.25, -0.2) is 0 Å². The quantitative estimate of drug-likeness (QED) is 0.592. The van der Waals surface area contributed by atoms with Gasteiger partial charge >= 0.3 is 0 Å². The summed E-state index contributed by atoms with van der Waals surface area (Å²) in [6.07, 6.45) is 2.95. The van der Waals surface area contributed by atoms with Crippen LogP contribution in [0.1, 0.15) is 34.1 Å². The van der Waals surface area contributed by atoms with E-state index in [0.29, 0.717) is 0 Å². The number of allylic oxidation sites excluding steroid dienone is 3. The van der Waals surface area contributed by atoms with E-state index in [1.807, 2.05) is 6.08 Å². The van der Waals surface area contributed by atoms with Gasteiger partial charge in [-0.05, 0) is 18.9 Å². The van der Waals surface area contributed by atoms with Gasteiger partial charge in [0, 0.05) is 16.8 Å². The van der Waals surface area contributed by atoms with Crippen molar-refractivity contribution >= 4 is 5.71 Å². The van der Waals surface area contributed by atoms with Gasteiger partial charge in [0.05, 0.1) is 0 Å². The summed E-state index contributed by atoms with van der Waals surface area (Å²) in [7, 11) is 0. The molecule has 1 aliphatic heterocycles. The van der Waals surface area contributed by atoms with Crippen LogP contribution in [0, 0.1) is 5.41 Å². The summed E-state index contributed by atoms with van der Waals surface area (Å²) in [6.45, 7) is 12.5. The van der Waals surface area contributed by atoms with E-state index < -0.39 is 0 Å². The van der Waals surface area contributed by atoms with E-state index in [1.54, 1.807) is 0 Å². The molecular weight excluding hydrogens is 146 g/mol. The number of rotatable bonds is 2. The van der Waals surface area contributed by atoms with E-state index in [0.717, 1.165) is 6.42 Å². The van der Waals surface area contributed by atoms with Crippen LogP contribution in [0.3, 0.4) is 0 Å². The molecule has 0 aliphatic carbocycles. The predicted octanol–water partition coefficient (Wildman–Crippen LogP) is 3.34. The molecule has 1 nitrogen and oxygen atoms in total. The van der Waals surface area contributed by atoms with Crippen LogP contribution in [-0.2, 0) is 0 Å². The summed E-state index contributed by atoms with van der Waals surface area (Å²) in [5.41, 5.74) is 3.80. The molecule has 0 amide bonds. The van der Waals surface area contributed by atoms with Crippen molar-refractivity contribution in [2.75, 3.05) is 0 Å². The first kappa shape index (κ1) is 9.24. The SMILES string of the molecule is C=CC1=C(CC)N=C(C)C1(C)C. The van der Waals surface area contributed by atoms with E-state index in [4.69, 9.17) is 0 Å². The predicted molar refractivity (Wildman–Crippen MR) is 54.4 cm³/mol. The van der Waals surface area contributed by atoms with E-state index in [9.17, 15) is 0 Å². The third-order valence-corrected chi connectivity index (χ3v) is 2.73. The average Bonchev–Trinajstić information content (AvgIpc) is 2.23. The highest BCUT2D eigenvalue weighted by atomic mass is 14.8. The van der Waals surface area contributed by atoms with Crippen LogP contribution in [0.2, 0.25) is 0 Å². The van der Waals surface area contributed by atoms with Gasteiger partial charge in [-0.3, -0.25) is 4.99 Å². The molecule has 0 unspecified atom stereocenters. The Bertz CT molecular complexity index is 267. The zero-order valence-corrected chi connectivity index (χ0v) is 8.44. The molecule has 66 valence electrons. The van der Waals surface area contributed by atoms with Gasteiger partial charge in [-0.1, -0.05) is 33.4 Å². The highest BCUT2D eigenvalue weighted by Crippen LogP contribution is 2.38. The second-order valence-electron chi connectivity index (χ2n) is 3.74. The summed E-state index contributed by atoms with van der Waals surface area (Å²) in [5.74, 6) is 0. The molecule has 1 heterocycles. The van der Waals surface area contributed by atoms with Crippen LogP contribution in [0.5, 0.6) is 0 Å². The van der Waals surface area contributed by atoms with Crippen molar-refractivity contribution in [1.29, 1.82) is 0 Å². The molecule has 0 N–H and O–H groups in total. The summed E-state index contributed by atoms with van der Waals surface area (Å²) in [6, 6.07) is 0. The van der Waals surface area contributed by atoms with E-state index in [2.05, 4.69) is 39.3 Å². The number of aliphatic imine (C=N–C) groups is 1. The van der Waals surface area contributed by atoms with E-state index in [1.165, 1.54) is 17.0 Å². The standard InChI is InChI=1S/C11H17N/c1-6-9-10(7-2)12-8(3)11(9,4)5/h6H,1,7H2,2-5H3. The van der Waals surface area contributed by atoms with Crippen LogP contribution in [0.25, 0.3) is 0 Å². The lowest BCUT2D eigenvalue weighted by Crippen LogP contribution is -2.19. The van der Waals surface area contributed by atoms with Gasteiger partial charge in [-0.2, -0.15) is 0 Å². The molecule has 0 saturated carbocycles. The maximum atomic E-state index is 4.54. The topological polar surface area (TPSA) is 12.4 Å². The Kier molecular flexibility index (Phi) is 2.22. The molecule has 1 rings (SSSR count). The molecule has 0 radical (unpaired) electrons.